The SMILES string of the molecule is Cc1cc(N2CCc3c(c(C)nn3CCCCCN)C2)cc(-c2ccccc2)n1. The van der Waals surface area contributed by atoms with E-state index in [1.54, 1.807) is 0 Å². The highest BCUT2D eigenvalue weighted by atomic mass is 15.3. The number of benzene rings is 1. The van der Waals surface area contributed by atoms with E-state index in [1.807, 2.05) is 6.07 Å². The fraction of sp³-hybridized carbons (Fsp3) is 0.417. The average Bonchev–Trinajstić information content (AvgIpc) is 3.06. The summed E-state index contributed by atoms with van der Waals surface area (Å²) in [7, 11) is 0. The van der Waals surface area contributed by atoms with Crippen molar-refractivity contribution >= 4 is 5.69 Å². The molecule has 0 aliphatic carbocycles. The number of unbranched alkanes of at least 4 members (excludes halogenated alkanes) is 2. The number of nitrogens with zero attached hydrogens (tertiary/aromatic N) is 4. The van der Waals surface area contributed by atoms with E-state index in [-0.39, 0.29) is 0 Å². The molecule has 0 spiro atoms. The number of fused-ring (bicyclic) bond motifs is 1. The van der Waals surface area contributed by atoms with E-state index < -0.39 is 0 Å². The van der Waals surface area contributed by atoms with Gasteiger partial charge in [-0.25, -0.2) is 0 Å². The van der Waals surface area contributed by atoms with E-state index in [0.717, 1.165) is 68.1 Å². The van der Waals surface area contributed by atoms with E-state index in [2.05, 4.69) is 59.8 Å². The molecule has 152 valence electrons. The smallest absolute Gasteiger partial charge is 0.0725 e. The number of anilines is 1. The van der Waals surface area contributed by atoms with E-state index in [1.165, 1.54) is 23.4 Å². The summed E-state index contributed by atoms with van der Waals surface area (Å²) in [5, 5.41) is 4.85. The highest BCUT2D eigenvalue weighted by Gasteiger charge is 2.24. The summed E-state index contributed by atoms with van der Waals surface area (Å²) < 4.78 is 2.24. The molecule has 1 aliphatic rings. The molecule has 2 N–H and O–H groups in total. The molecule has 4 rings (SSSR count). The maximum absolute atomic E-state index is 5.62. The monoisotopic (exact) mass is 389 g/mol. The number of hydrogen-bond acceptors (Lipinski definition) is 4. The number of aryl methyl sites for hydroxylation is 3. The third-order valence-electron chi connectivity index (χ3n) is 5.78. The third-order valence-corrected chi connectivity index (χ3v) is 5.78. The van der Waals surface area contributed by atoms with Crippen LogP contribution >= 0.6 is 0 Å². The number of pyridine rings is 1. The molecule has 2 aromatic heterocycles. The number of rotatable bonds is 7. The Hall–Kier alpha value is -2.66. The van der Waals surface area contributed by atoms with Gasteiger partial charge in [0.25, 0.3) is 0 Å². The van der Waals surface area contributed by atoms with Crippen molar-refractivity contribution in [3.05, 3.63) is 65.1 Å². The van der Waals surface area contributed by atoms with Gasteiger partial charge < -0.3 is 10.6 Å². The summed E-state index contributed by atoms with van der Waals surface area (Å²) in [4.78, 5) is 7.23. The normalized spacial score (nSPS) is 13.6. The second-order valence-corrected chi connectivity index (χ2v) is 7.97. The van der Waals surface area contributed by atoms with Crippen molar-refractivity contribution in [2.24, 2.45) is 5.73 Å². The lowest BCUT2D eigenvalue weighted by molar-refractivity contribution is 0.520. The zero-order valence-corrected chi connectivity index (χ0v) is 17.6. The van der Waals surface area contributed by atoms with Gasteiger partial charge in [0.1, 0.15) is 0 Å². The summed E-state index contributed by atoms with van der Waals surface area (Å²) >= 11 is 0. The molecule has 0 amide bonds. The van der Waals surface area contributed by atoms with Crippen LogP contribution in [0, 0.1) is 13.8 Å². The van der Waals surface area contributed by atoms with Crippen LogP contribution in [-0.2, 0) is 19.5 Å². The minimum atomic E-state index is 0.779. The van der Waals surface area contributed by atoms with Gasteiger partial charge in [-0.15, -0.1) is 0 Å². The van der Waals surface area contributed by atoms with Gasteiger partial charge in [-0.2, -0.15) is 5.10 Å². The fourth-order valence-corrected chi connectivity index (χ4v) is 4.24. The van der Waals surface area contributed by atoms with Gasteiger partial charge in [-0.05, 0) is 45.4 Å². The summed E-state index contributed by atoms with van der Waals surface area (Å²) in [5.74, 6) is 0. The lowest BCUT2D eigenvalue weighted by atomic mass is 10.0. The molecule has 1 aliphatic heterocycles. The minimum absolute atomic E-state index is 0.779. The third kappa shape index (κ3) is 4.35. The van der Waals surface area contributed by atoms with Crippen LogP contribution < -0.4 is 10.6 Å². The van der Waals surface area contributed by atoms with Crippen molar-refractivity contribution in [2.75, 3.05) is 18.0 Å². The van der Waals surface area contributed by atoms with E-state index >= 15 is 0 Å². The Morgan fingerprint density at radius 1 is 1.03 bits per heavy atom. The van der Waals surface area contributed by atoms with Gasteiger partial charge in [0, 0.05) is 54.3 Å². The molecule has 0 atom stereocenters. The lowest BCUT2D eigenvalue weighted by Gasteiger charge is -2.30. The van der Waals surface area contributed by atoms with Crippen LogP contribution in [0.3, 0.4) is 0 Å². The molecule has 5 nitrogen and oxygen atoms in total. The van der Waals surface area contributed by atoms with Crippen molar-refractivity contribution in [2.45, 2.75) is 52.6 Å². The van der Waals surface area contributed by atoms with Gasteiger partial charge in [0.15, 0.2) is 0 Å². The first-order chi connectivity index (χ1) is 14.2. The van der Waals surface area contributed by atoms with Crippen LogP contribution in [0.25, 0.3) is 11.3 Å². The predicted octanol–water partition coefficient (Wildman–Crippen LogP) is 4.25. The molecule has 0 bridgehead atoms. The quantitative estimate of drug-likeness (QED) is 0.614. The molecule has 3 aromatic rings. The molecule has 0 fully saturated rings. The van der Waals surface area contributed by atoms with Crippen LogP contribution in [0.15, 0.2) is 42.5 Å². The summed E-state index contributed by atoms with van der Waals surface area (Å²) in [6.45, 7) is 7.94. The van der Waals surface area contributed by atoms with Crippen molar-refractivity contribution in [1.82, 2.24) is 14.8 Å². The van der Waals surface area contributed by atoms with Gasteiger partial charge >= 0.3 is 0 Å². The van der Waals surface area contributed by atoms with Crippen LogP contribution in [0.1, 0.15) is 41.9 Å². The fourth-order valence-electron chi connectivity index (χ4n) is 4.24. The van der Waals surface area contributed by atoms with E-state index in [9.17, 15) is 0 Å². The predicted molar refractivity (Wildman–Crippen MR) is 119 cm³/mol. The van der Waals surface area contributed by atoms with Crippen molar-refractivity contribution in [3.63, 3.8) is 0 Å². The topological polar surface area (TPSA) is 60.0 Å². The first-order valence-electron chi connectivity index (χ1n) is 10.7. The second kappa shape index (κ2) is 8.78. The number of hydrogen-bond donors (Lipinski definition) is 1. The van der Waals surface area contributed by atoms with E-state index in [0.29, 0.717) is 0 Å². The summed E-state index contributed by atoms with van der Waals surface area (Å²) in [6, 6.07) is 14.8. The van der Waals surface area contributed by atoms with Gasteiger partial charge in [-0.3, -0.25) is 9.67 Å². The number of aromatic nitrogens is 3. The Kier molecular flexibility index (Phi) is 5.95. The molecular formula is C24H31N5. The highest BCUT2D eigenvalue weighted by Crippen LogP contribution is 2.30. The molecule has 0 unspecified atom stereocenters. The Morgan fingerprint density at radius 2 is 1.86 bits per heavy atom. The summed E-state index contributed by atoms with van der Waals surface area (Å²) in [5.41, 5.74) is 14.1. The molecule has 0 saturated heterocycles. The standard InChI is InChI=1S/C24H31N5/c1-18-15-21(16-23(26-18)20-9-5-3-6-10-20)28-14-11-24-22(17-28)19(2)27-29(24)13-8-4-7-12-25/h3,5-6,9-10,15-16H,4,7-8,11-14,17,25H2,1-2H3. The highest BCUT2D eigenvalue weighted by molar-refractivity contribution is 5.65. The molecule has 1 aromatic carbocycles. The first kappa shape index (κ1) is 19.6. The molecule has 0 radical (unpaired) electrons. The Bertz CT molecular complexity index is 961. The van der Waals surface area contributed by atoms with Crippen LogP contribution in [0.5, 0.6) is 0 Å². The molecular weight excluding hydrogens is 358 g/mol. The van der Waals surface area contributed by atoms with Crippen molar-refractivity contribution in [3.8, 4) is 11.3 Å². The molecule has 3 heterocycles. The Morgan fingerprint density at radius 3 is 2.66 bits per heavy atom. The van der Waals surface area contributed by atoms with Gasteiger partial charge in [-0.1, -0.05) is 36.8 Å². The zero-order valence-electron chi connectivity index (χ0n) is 17.6. The summed E-state index contributed by atoms with van der Waals surface area (Å²) in [6.07, 6.45) is 4.46. The van der Waals surface area contributed by atoms with Crippen LogP contribution in [0.2, 0.25) is 0 Å². The number of nitrogens with two attached hydrogens (primary N) is 1. The maximum Gasteiger partial charge on any atom is 0.0725 e. The second-order valence-electron chi connectivity index (χ2n) is 7.97. The van der Waals surface area contributed by atoms with Crippen molar-refractivity contribution < 1.29 is 0 Å². The molecule has 0 saturated carbocycles. The zero-order chi connectivity index (χ0) is 20.2. The first-order valence-corrected chi connectivity index (χ1v) is 10.7. The van der Waals surface area contributed by atoms with Crippen LogP contribution in [-0.4, -0.2) is 27.9 Å². The molecule has 5 heteroatoms. The Labute approximate surface area is 173 Å². The van der Waals surface area contributed by atoms with Gasteiger partial charge in [0.2, 0.25) is 0 Å². The lowest BCUT2D eigenvalue weighted by Crippen LogP contribution is -2.31. The van der Waals surface area contributed by atoms with Gasteiger partial charge in [0.05, 0.1) is 11.4 Å². The largest absolute Gasteiger partial charge is 0.367 e. The minimum Gasteiger partial charge on any atom is -0.367 e. The van der Waals surface area contributed by atoms with E-state index in [4.69, 9.17) is 15.8 Å². The maximum atomic E-state index is 5.62. The molecule has 29 heavy (non-hydrogen) atoms. The van der Waals surface area contributed by atoms with Crippen LogP contribution in [0.4, 0.5) is 5.69 Å². The Balaban J connectivity index is 1.55. The average molecular weight is 390 g/mol. The van der Waals surface area contributed by atoms with Crippen molar-refractivity contribution in [1.29, 1.82) is 0 Å².